The Balaban J connectivity index is 0.00000304. The Kier molecular flexibility index (Phi) is 8.63. The predicted octanol–water partition coefficient (Wildman–Crippen LogP) is 6.83. The summed E-state index contributed by atoms with van der Waals surface area (Å²) in [5.41, 5.74) is 3.55. The minimum atomic E-state index is -0.370. The molecule has 2 aromatic carbocycles. The number of thioether (sulfide) groups is 1. The van der Waals surface area contributed by atoms with Crippen LogP contribution in [0.5, 0.6) is 0 Å². The van der Waals surface area contributed by atoms with Gasteiger partial charge in [-0.25, -0.2) is 0 Å². The Hall–Kier alpha value is -2.09. The number of Topliss-reactive ketones (excluding diaryl/α,β-unsaturated/α-hetero) is 1. The molecule has 36 heavy (non-hydrogen) atoms. The summed E-state index contributed by atoms with van der Waals surface area (Å²) in [6.45, 7) is 0.893. The third kappa shape index (κ3) is 5.58. The number of allylic oxidation sites excluding steroid dienone is 1. The topological polar surface area (TPSA) is 61.4 Å². The van der Waals surface area contributed by atoms with Gasteiger partial charge in [0.15, 0.2) is 5.78 Å². The summed E-state index contributed by atoms with van der Waals surface area (Å²) in [6.07, 6.45) is 8.81. The van der Waals surface area contributed by atoms with Crippen LogP contribution in [0.15, 0.2) is 72.2 Å². The van der Waals surface area contributed by atoms with Crippen LogP contribution in [-0.4, -0.2) is 40.7 Å². The quantitative estimate of drug-likeness (QED) is 0.387. The maximum absolute atomic E-state index is 13.8. The molecule has 2 atom stereocenters. The number of amides is 1. The normalized spacial score (nSPS) is 20.5. The highest BCUT2D eigenvalue weighted by Crippen LogP contribution is 2.37. The number of carbonyl (C=O) groups is 2. The van der Waals surface area contributed by atoms with Crippen molar-refractivity contribution in [2.24, 2.45) is 5.92 Å². The van der Waals surface area contributed by atoms with Gasteiger partial charge in [0.1, 0.15) is 0 Å². The fraction of sp³-hybridized carbons (Fsp3) is 0.231. The number of rotatable bonds is 4. The first-order chi connectivity index (χ1) is 16.9. The molecule has 10 heteroatoms. The molecule has 2 aliphatic heterocycles. The van der Waals surface area contributed by atoms with Crippen LogP contribution in [-0.2, 0) is 0 Å². The second-order valence-corrected chi connectivity index (χ2v) is 10.9. The lowest BCUT2D eigenvalue weighted by molar-refractivity contribution is 0.0850. The standard InChI is InChI=1S/C26H22Cl3N3O2S.ClH/c27-17-8-16(9-18(28)10-17)26(34)31-19-4-5-21(23(29)11-19)25(33)22-3-1-2-15-12-30-13-20-14-35-7-6-32(20)24(15)22;/h1-2,4-5,8-13,22,24,30H,3,6-7,14H2,(H,31,34);1H. The van der Waals surface area contributed by atoms with E-state index in [4.69, 9.17) is 34.8 Å². The zero-order chi connectivity index (χ0) is 24.5. The minimum absolute atomic E-state index is 0. The first kappa shape index (κ1) is 27.0. The average Bonchev–Trinajstić information content (AvgIpc) is 3.02. The van der Waals surface area contributed by atoms with Crippen molar-refractivity contribution in [3.8, 4) is 0 Å². The highest BCUT2D eigenvalue weighted by molar-refractivity contribution is 7.99. The van der Waals surface area contributed by atoms with E-state index in [2.05, 4.69) is 27.7 Å². The number of hydrogen-bond donors (Lipinski definition) is 2. The third-order valence-electron chi connectivity index (χ3n) is 6.31. The summed E-state index contributed by atoms with van der Waals surface area (Å²) >= 11 is 20.5. The number of ketones is 1. The lowest BCUT2D eigenvalue weighted by Gasteiger charge is -2.42. The number of fused-ring (bicyclic) bond motifs is 3. The molecule has 2 heterocycles. The van der Waals surface area contributed by atoms with Gasteiger partial charge in [0, 0.05) is 63.0 Å². The number of halogens is 4. The molecule has 0 saturated carbocycles. The van der Waals surface area contributed by atoms with E-state index < -0.39 is 0 Å². The van der Waals surface area contributed by atoms with E-state index in [1.807, 2.05) is 24.2 Å². The molecule has 0 spiro atoms. The Morgan fingerprint density at radius 1 is 1.06 bits per heavy atom. The van der Waals surface area contributed by atoms with Gasteiger partial charge in [-0.05, 0) is 48.4 Å². The van der Waals surface area contributed by atoms with Crippen LogP contribution in [0.3, 0.4) is 0 Å². The summed E-state index contributed by atoms with van der Waals surface area (Å²) in [7, 11) is 0. The summed E-state index contributed by atoms with van der Waals surface area (Å²) in [5.74, 6) is 1.31. The van der Waals surface area contributed by atoms with Crippen LogP contribution in [0.1, 0.15) is 27.1 Å². The maximum Gasteiger partial charge on any atom is 0.255 e. The molecule has 2 aromatic rings. The second-order valence-electron chi connectivity index (χ2n) is 8.55. The molecular weight excluding hydrogens is 560 g/mol. The third-order valence-corrected chi connectivity index (χ3v) is 8.03. The monoisotopic (exact) mass is 581 g/mol. The predicted molar refractivity (Wildman–Crippen MR) is 152 cm³/mol. The number of nitrogens with one attached hydrogen (secondary N) is 2. The van der Waals surface area contributed by atoms with E-state index in [1.54, 1.807) is 24.3 Å². The minimum Gasteiger partial charge on any atom is -0.366 e. The number of carbonyl (C=O) groups excluding carboxylic acids is 2. The smallest absolute Gasteiger partial charge is 0.255 e. The van der Waals surface area contributed by atoms with Crippen molar-refractivity contribution in [1.82, 2.24) is 10.2 Å². The van der Waals surface area contributed by atoms with Gasteiger partial charge in [-0.15, -0.1) is 12.4 Å². The molecule has 1 fully saturated rings. The van der Waals surface area contributed by atoms with Crippen LogP contribution in [0.25, 0.3) is 0 Å². The molecule has 2 unspecified atom stereocenters. The van der Waals surface area contributed by atoms with Gasteiger partial charge in [0.2, 0.25) is 0 Å². The average molecular weight is 583 g/mol. The van der Waals surface area contributed by atoms with E-state index in [-0.39, 0.29) is 36.1 Å². The zero-order valence-electron chi connectivity index (χ0n) is 19.0. The molecule has 2 N–H and O–H groups in total. The van der Waals surface area contributed by atoms with Crippen molar-refractivity contribution in [2.75, 3.05) is 23.4 Å². The van der Waals surface area contributed by atoms with Gasteiger partial charge in [0.05, 0.1) is 17.0 Å². The Labute approximate surface area is 235 Å². The van der Waals surface area contributed by atoms with E-state index in [0.717, 1.165) is 23.6 Å². The number of hydrogen-bond acceptors (Lipinski definition) is 5. The van der Waals surface area contributed by atoms with Crippen LogP contribution < -0.4 is 10.6 Å². The summed E-state index contributed by atoms with van der Waals surface area (Å²) in [5, 5.41) is 7.11. The van der Waals surface area contributed by atoms with Crippen molar-refractivity contribution in [1.29, 1.82) is 0 Å². The number of nitrogens with zero attached hydrogens (tertiary/aromatic N) is 1. The first-order valence-corrected chi connectivity index (χ1v) is 13.5. The molecule has 3 aliphatic rings. The lowest BCUT2D eigenvalue weighted by atomic mass is 9.79. The van der Waals surface area contributed by atoms with Gasteiger partial charge in [-0.1, -0.05) is 47.0 Å². The molecule has 0 bridgehead atoms. The number of benzene rings is 2. The van der Waals surface area contributed by atoms with Crippen molar-refractivity contribution in [3.63, 3.8) is 0 Å². The number of anilines is 1. The summed E-state index contributed by atoms with van der Waals surface area (Å²) in [4.78, 5) is 28.8. The molecule has 1 saturated heterocycles. The molecule has 188 valence electrons. The molecule has 1 amide bonds. The SMILES string of the molecule is Cl.O=C(Nc1ccc(C(=O)C2CC=CC3=CNC=C4CSCCN4C32)c(Cl)c1)c1cc(Cl)cc(Cl)c1. The molecule has 5 nitrogen and oxygen atoms in total. The lowest BCUT2D eigenvalue weighted by Crippen LogP contribution is -2.47. The largest absolute Gasteiger partial charge is 0.366 e. The summed E-state index contributed by atoms with van der Waals surface area (Å²) in [6, 6.07) is 9.56. The van der Waals surface area contributed by atoms with Crippen molar-refractivity contribution < 1.29 is 9.59 Å². The fourth-order valence-electron chi connectivity index (χ4n) is 4.71. The van der Waals surface area contributed by atoms with Gasteiger partial charge in [-0.2, -0.15) is 11.8 Å². The highest BCUT2D eigenvalue weighted by Gasteiger charge is 2.39. The van der Waals surface area contributed by atoms with E-state index in [0.29, 0.717) is 38.3 Å². The molecule has 5 rings (SSSR count). The van der Waals surface area contributed by atoms with Gasteiger partial charge >= 0.3 is 0 Å². The van der Waals surface area contributed by atoms with Crippen LogP contribution in [0.4, 0.5) is 5.69 Å². The van der Waals surface area contributed by atoms with E-state index >= 15 is 0 Å². The van der Waals surface area contributed by atoms with Gasteiger partial charge < -0.3 is 15.5 Å². The molecule has 0 aromatic heterocycles. The zero-order valence-corrected chi connectivity index (χ0v) is 22.9. The van der Waals surface area contributed by atoms with Gasteiger partial charge in [0.25, 0.3) is 5.91 Å². The van der Waals surface area contributed by atoms with E-state index in [9.17, 15) is 9.59 Å². The first-order valence-electron chi connectivity index (χ1n) is 11.2. The Bertz CT molecular complexity index is 1270. The Morgan fingerprint density at radius 3 is 2.58 bits per heavy atom. The van der Waals surface area contributed by atoms with Crippen LogP contribution >= 0.6 is 59.0 Å². The molecule has 1 aliphatic carbocycles. The van der Waals surface area contributed by atoms with Gasteiger partial charge in [-0.3, -0.25) is 9.59 Å². The fourth-order valence-corrected chi connectivity index (χ4v) is 6.44. The molecule has 0 radical (unpaired) electrons. The van der Waals surface area contributed by atoms with E-state index in [1.165, 1.54) is 17.8 Å². The van der Waals surface area contributed by atoms with Crippen molar-refractivity contribution >= 4 is 76.3 Å². The molecular formula is C26H23Cl4N3O2S. The van der Waals surface area contributed by atoms with Crippen molar-refractivity contribution in [3.05, 3.63) is 98.4 Å². The van der Waals surface area contributed by atoms with Crippen molar-refractivity contribution in [2.45, 2.75) is 12.5 Å². The highest BCUT2D eigenvalue weighted by atomic mass is 35.5. The summed E-state index contributed by atoms with van der Waals surface area (Å²) < 4.78 is 0. The Morgan fingerprint density at radius 2 is 1.83 bits per heavy atom. The van der Waals surface area contributed by atoms with Crippen LogP contribution in [0.2, 0.25) is 15.1 Å². The van der Waals surface area contributed by atoms with Crippen LogP contribution in [0, 0.1) is 5.92 Å². The second kappa shape index (κ2) is 11.5. The maximum atomic E-state index is 13.8.